The number of aromatic nitrogens is 1. The van der Waals surface area contributed by atoms with Gasteiger partial charge in [0.05, 0.1) is 6.61 Å². The predicted molar refractivity (Wildman–Crippen MR) is 72.0 cm³/mol. The molecule has 100 valence electrons. The van der Waals surface area contributed by atoms with Crippen molar-refractivity contribution in [3.05, 3.63) is 24.0 Å². The molecule has 0 saturated heterocycles. The van der Waals surface area contributed by atoms with Gasteiger partial charge in [0.25, 0.3) is 5.91 Å². The Morgan fingerprint density at radius 1 is 1.44 bits per heavy atom. The van der Waals surface area contributed by atoms with E-state index in [1.54, 1.807) is 13.3 Å². The summed E-state index contributed by atoms with van der Waals surface area (Å²) >= 11 is 0. The van der Waals surface area contributed by atoms with Gasteiger partial charge in [0.15, 0.2) is 0 Å². The van der Waals surface area contributed by atoms with Crippen molar-refractivity contribution in [2.24, 2.45) is 0 Å². The predicted octanol–water partition coefficient (Wildman–Crippen LogP) is 1.30. The lowest BCUT2D eigenvalue weighted by molar-refractivity contribution is 0.0932. The number of carbonyl (C=O) groups is 1. The minimum atomic E-state index is -0.166. The summed E-state index contributed by atoms with van der Waals surface area (Å²) < 4.78 is 4.88. The summed E-state index contributed by atoms with van der Waals surface area (Å²) in [6.07, 6.45) is 1.67. The lowest BCUT2D eigenvalue weighted by Gasteiger charge is -2.21. The molecule has 5 nitrogen and oxygen atoms in total. The minimum absolute atomic E-state index is 0.166. The molecular weight excluding hydrogens is 230 g/mol. The smallest absolute Gasteiger partial charge is 0.270 e. The van der Waals surface area contributed by atoms with E-state index in [2.05, 4.69) is 29.0 Å². The van der Waals surface area contributed by atoms with Crippen LogP contribution in [0.3, 0.4) is 0 Å². The molecule has 0 bridgehead atoms. The largest absolute Gasteiger partial charge is 0.383 e. The van der Waals surface area contributed by atoms with E-state index in [4.69, 9.17) is 4.74 Å². The van der Waals surface area contributed by atoms with Crippen LogP contribution in [0.15, 0.2) is 18.3 Å². The second-order valence-electron chi connectivity index (χ2n) is 3.82. The van der Waals surface area contributed by atoms with Gasteiger partial charge in [0.2, 0.25) is 0 Å². The number of hydrogen-bond acceptors (Lipinski definition) is 4. The Balaban J connectivity index is 2.72. The van der Waals surface area contributed by atoms with Gasteiger partial charge in [-0.1, -0.05) is 0 Å². The lowest BCUT2D eigenvalue weighted by Crippen LogP contribution is -2.28. The fraction of sp³-hybridized carbons (Fsp3) is 0.538. The van der Waals surface area contributed by atoms with E-state index in [1.165, 1.54) is 0 Å². The number of nitrogens with one attached hydrogen (secondary N) is 1. The van der Waals surface area contributed by atoms with Crippen molar-refractivity contribution in [2.45, 2.75) is 13.8 Å². The van der Waals surface area contributed by atoms with Crippen molar-refractivity contribution in [1.29, 1.82) is 0 Å². The number of ether oxygens (including phenoxy) is 1. The number of carbonyl (C=O) groups excluding carboxylic acids is 1. The van der Waals surface area contributed by atoms with Crippen molar-refractivity contribution >= 4 is 11.6 Å². The number of rotatable bonds is 7. The summed E-state index contributed by atoms with van der Waals surface area (Å²) in [5.74, 6) is -0.166. The van der Waals surface area contributed by atoms with Crippen molar-refractivity contribution in [3.63, 3.8) is 0 Å². The molecule has 1 amide bonds. The quantitative estimate of drug-likeness (QED) is 0.742. The van der Waals surface area contributed by atoms with Crippen LogP contribution >= 0.6 is 0 Å². The molecule has 0 atom stereocenters. The van der Waals surface area contributed by atoms with Crippen LogP contribution in [0.5, 0.6) is 0 Å². The summed E-state index contributed by atoms with van der Waals surface area (Å²) in [4.78, 5) is 18.1. The van der Waals surface area contributed by atoms with Gasteiger partial charge in [-0.05, 0) is 26.0 Å². The third-order valence-electron chi connectivity index (χ3n) is 2.70. The zero-order valence-corrected chi connectivity index (χ0v) is 11.3. The molecule has 0 fully saturated rings. The van der Waals surface area contributed by atoms with Crippen LogP contribution in [0, 0.1) is 0 Å². The molecule has 0 aromatic carbocycles. The minimum Gasteiger partial charge on any atom is -0.383 e. The van der Waals surface area contributed by atoms with Crippen molar-refractivity contribution in [1.82, 2.24) is 10.3 Å². The van der Waals surface area contributed by atoms with E-state index in [0.717, 1.165) is 18.8 Å². The normalized spacial score (nSPS) is 10.2. The number of amides is 1. The van der Waals surface area contributed by atoms with Crippen LogP contribution < -0.4 is 10.2 Å². The Morgan fingerprint density at radius 3 is 2.78 bits per heavy atom. The summed E-state index contributed by atoms with van der Waals surface area (Å²) in [5.41, 5.74) is 1.46. The van der Waals surface area contributed by atoms with Crippen molar-refractivity contribution < 1.29 is 9.53 Å². The third-order valence-corrected chi connectivity index (χ3v) is 2.70. The van der Waals surface area contributed by atoms with Crippen LogP contribution in [0.25, 0.3) is 0 Å². The van der Waals surface area contributed by atoms with Gasteiger partial charge in [0.1, 0.15) is 5.69 Å². The molecule has 0 aliphatic heterocycles. The maximum absolute atomic E-state index is 11.8. The molecule has 1 aromatic rings. The highest BCUT2D eigenvalue weighted by atomic mass is 16.5. The first-order chi connectivity index (χ1) is 8.72. The Morgan fingerprint density at radius 2 is 2.17 bits per heavy atom. The Labute approximate surface area is 108 Å². The van der Waals surface area contributed by atoms with Gasteiger partial charge in [-0.15, -0.1) is 0 Å². The second-order valence-corrected chi connectivity index (χ2v) is 3.82. The highest BCUT2D eigenvalue weighted by Gasteiger charge is 2.09. The van der Waals surface area contributed by atoms with Crippen molar-refractivity contribution in [3.8, 4) is 0 Å². The van der Waals surface area contributed by atoms with E-state index in [9.17, 15) is 4.79 Å². The first-order valence-electron chi connectivity index (χ1n) is 6.21. The number of nitrogens with zero attached hydrogens (tertiary/aromatic N) is 2. The number of pyridine rings is 1. The highest BCUT2D eigenvalue weighted by molar-refractivity contribution is 5.93. The highest BCUT2D eigenvalue weighted by Crippen LogP contribution is 2.13. The fourth-order valence-electron chi connectivity index (χ4n) is 1.69. The summed E-state index contributed by atoms with van der Waals surface area (Å²) in [6.45, 7) is 6.98. The van der Waals surface area contributed by atoms with Gasteiger partial charge in [-0.2, -0.15) is 0 Å². The van der Waals surface area contributed by atoms with Crippen LogP contribution in [0.2, 0.25) is 0 Å². The first-order valence-corrected chi connectivity index (χ1v) is 6.21. The van der Waals surface area contributed by atoms with E-state index < -0.39 is 0 Å². The van der Waals surface area contributed by atoms with Gasteiger partial charge < -0.3 is 15.0 Å². The van der Waals surface area contributed by atoms with E-state index >= 15 is 0 Å². The third kappa shape index (κ3) is 4.00. The summed E-state index contributed by atoms with van der Waals surface area (Å²) in [5, 5.41) is 2.76. The van der Waals surface area contributed by atoms with Crippen molar-refractivity contribution in [2.75, 3.05) is 38.3 Å². The Hall–Kier alpha value is -1.62. The van der Waals surface area contributed by atoms with E-state index in [1.807, 2.05) is 12.1 Å². The summed E-state index contributed by atoms with van der Waals surface area (Å²) in [7, 11) is 1.60. The fourth-order valence-corrected chi connectivity index (χ4v) is 1.69. The Bertz CT molecular complexity index is 378. The van der Waals surface area contributed by atoms with Gasteiger partial charge >= 0.3 is 0 Å². The van der Waals surface area contributed by atoms with E-state index in [-0.39, 0.29) is 5.91 Å². The maximum Gasteiger partial charge on any atom is 0.270 e. The molecule has 0 saturated carbocycles. The average molecular weight is 251 g/mol. The number of methoxy groups -OCH3 is 1. The number of anilines is 1. The monoisotopic (exact) mass is 251 g/mol. The second kappa shape index (κ2) is 7.66. The van der Waals surface area contributed by atoms with Gasteiger partial charge in [-0.25, -0.2) is 0 Å². The zero-order valence-electron chi connectivity index (χ0n) is 11.3. The van der Waals surface area contributed by atoms with Crippen LogP contribution in [-0.4, -0.2) is 44.2 Å². The van der Waals surface area contributed by atoms with Crippen LogP contribution in [0.4, 0.5) is 5.69 Å². The van der Waals surface area contributed by atoms with Gasteiger partial charge in [-0.3, -0.25) is 9.78 Å². The molecule has 5 heteroatoms. The molecule has 1 aromatic heterocycles. The molecule has 0 radical (unpaired) electrons. The molecule has 0 spiro atoms. The molecule has 1 N–H and O–H groups in total. The molecule has 1 rings (SSSR count). The molecule has 0 aliphatic carbocycles. The van der Waals surface area contributed by atoms with Crippen LogP contribution in [-0.2, 0) is 4.74 Å². The molecule has 18 heavy (non-hydrogen) atoms. The SMILES string of the molecule is CCN(CC)c1ccnc(C(=O)NCCOC)c1. The Kier molecular flexibility index (Phi) is 6.14. The van der Waals surface area contributed by atoms with Crippen LogP contribution in [0.1, 0.15) is 24.3 Å². The molecule has 0 unspecified atom stereocenters. The number of hydrogen-bond donors (Lipinski definition) is 1. The topological polar surface area (TPSA) is 54.5 Å². The molecule has 1 heterocycles. The lowest BCUT2D eigenvalue weighted by atomic mass is 10.2. The zero-order chi connectivity index (χ0) is 13.4. The summed E-state index contributed by atoms with van der Waals surface area (Å²) in [6, 6.07) is 3.73. The van der Waals surface area contributed by atoms with Gasteiger partial charge in [0, 0.05) is 38.6 Å². The maximum atomic E-state index is 11.8. The molecular formula is C13H21N3O2. The molecule has 0 aliphatic rings. The first kappa shape index (κ1) is 14.4. The standard InChI is InChI=1S/C13H21N3O2/c1-4-16(5-2)11-6-7-14-12(10-11)13(17)15-8-9-18-3/h6-7,10H,4-5,8-9H2,1-3H3,(H,15,17). The van der Waals surface area contributed by atoms with E-state index in [0.29, 0.717) is 18.8 Å². The average Bonchev–Trinajstić information content (AvgIpc) is 2.41.